The van der Waals surface area contributed by atoms with E-state index in [9.17, 15) is 9.59 Å². The highest BCUT2D eigenvalue weighted by molar-refractivity contribution is 5.73. The van der Waals surface area contributed by atoms with Crippen molar-refractivity contribution in [3.8, 4) is 0 Å². The zero-order valence-electron chi connectivity index (χ0n) is 16.0. The highest BCUT2D eigenvalue weighted by Gasteiger charge is 2.15. The fourth-order valence-corrected chi connectivity index (χ4v) is 2.28. The Hall–Kier alpha value is -2.83. The normalized spacial score (nSPS) is 11.1. The van der Waals surface area contributed by atoms with Crippen LogP contribution in [0.2, 0.25) is 0 Å². The number of rotatable bonds is 5. The number of aromatic nitrogens is 2. The summed E-state index contributed by atoms with van der Waals surface area (Å²) < 4.78 is 0. The number of hydrogen-bond donors (Lipinski definition) is 3. The minimum absolute atomic E-state index is 0.127. The number of carbonyl (C=O) groups is 1. The number of hydrogen-bond acceptors (Lipinski definition) is 4. The molecule has 0 fully saturated rings. The summed E-state index contributed by atoms with van der Waals surface area (Å²) in [6, 6.07) is 7.10. The first kappa shape index (κ1) is 19.5. The first-order valence-corrected chi connectivity index (χ1v) is 8.53. The fourth-order valence-electron chi connectivity index (χ4n) is 2.28. The van der Waals surface area contributed by atoms with Crippen molar-refractivity contribution in [3.05, 3.63) is 57.8 Å². The quantitative estimate of drug-likeness (QED) is 0.765. The lowest BCUT2D eigenvalue weighted by Gasteiger charge is -2.18. The third-order valence-corrected chi connectivity index (χ3v) is 3.99. The molecule has 0 saturated carbocycles. The maximum atomic E-state index is 12.1. The third kappa shape index (κ3) is 5.34. The molecular formula is C19H27N5O2. The predicted molar refractivity (Wildman–Crippen MR) is 103 cm³/mol. The molecule has 0 unspecified atom stereocenters. The van der Waals surface area contributed by atoms with E-state index in [0.717, 1.165) is 17.1 Å². The molecule has 0 saturated heterocycles. The molecule has 2 heterocycles. The molecule has 2 rings (SSSR count). The minimum atomic E-state index is -0.345. The zero-order valence-corrected chi connectivity index (χ0v) is 16.0. The average Bonchev–Trinajstić information content (AvgIpc) is 2.58. The zero-order chi connectivity index (χ0) is 19.3. The second-order valence-corrected chi connectivity index (χ2v) is 7.41. The van der Waals surface area contributed by atoms with E-state index in [2.05, 4.69) is 20.6 Å². The fraction of sp³-hybridized carbons (Fsp3) is 0.421. The van der Waals surface area contributed by atoms with E-state index in [1.54, 1.807) is 12.3 Å². The Kier molecular flexibility index (Phi) is 6.02. The molecule has 2 amide bonds. The maximum Gasteiger partial charge on any atom is 0.315 e. The van der Waals surface area contributed by atoms with E-state index in [-0.39, 0.29) is 23.6 Å². The molecule has 0 aliphatic heterocycles. The summed E-state index contributed by atoms with van der Waals surface area (Å²) in [6.45, 7) is 6.58. The van der Waals surface area contributed by atoms with Crippen LogP contribution in [0.5, 0.6) is 0 Å². The lowest BCUT2D eigenvalue weighted by Crippen LogP contribution is -2.36. The van der Waals surface area contributed by atoms with E-state index < -0.39 is 0 Å². The smallest absolute Gasteiger partial charge is 0.315 e. The van der Waals surface area contributed by atoms with E-state index in [1.165, 1.54) is 0 Å². The minimum Gasteiger partial charge on any atom is -0.376 e. The number of aromatic amines is 1. The summed E-state index contributed by atoms with van der Waals surface area (Å²) in [5.74, 6) is 0. The van der Waals surface area contributed by atoms with Gasteiger partial charge in [0.25, 0.3) is 5.56 Å². The maximum absolute atomic E-state index is 12.1. The van der Waals surface area contributed by atoms with Crippen molar-refractivity contribution in [2.75, 3.05) is 19.0 Å². The van der Waals surface area contributed by atoms with Crippen molar-refractivity contribution in [1.82, 2.24) is 20.6 Å². The van der Waals surface area contributed by atoms with Crippen LogP contribution in [0.4, 0.5) is 10.5 Å². The number of nitrogens with one attached hydrogen (secondary N) is 3. The summed E-state index contributed by atoms with van der Waals surface area (Å²) in [5, 5.41) is 5.43. The summed E-state index contributed by atoms with van der Waals surface area (Å²) in [7, 11) is 3.89. The highest BCUT2D eigenvalue weighted by atomic mass is 16.2. The van der Waals surface area contributed by atoms with Gasteiger partial charge in [-0.05, 0) is 24.3 Å². The Morgan fingerprint density at radius 1 is 1.12 bits per heavy atom. The Morgan fingerprint density at radius 2 is 1.81 bits per heavy atom. The topological polar surface area (TPSA) is 90.1 Å². The lowest BCUT2D eigenvalue weighted by atomic mass is 9.91. The molecule has 0 aromatic carbocycles. The van der Waals surface area contributed by atoms with Gasteiger partial charge in [0.2, 0.25) is 0 Å². The summed E-state index contributed by atoms with van der Waals surface area (Å²) >= 11 is 0. The molecule has 7 nitrogen and oxygen atoms in total. The summed E-state index contributed by atoms with van der Waals surface area (Å²) in [4.78, 5) is 33.2. The molecule has 3 N–H and O–H groups in total. The summed E-state index contributed by atoms with van der Waals surface area (Å²) in [6.07, 6.45) is 1.76. The van der Waals surface area contributed by atoms with Gasteiger partial charge in [-0.15, -0.1) is 0 Å². The molecule has 7 heteroatoms. The second kappa shape index (κ2) is 8.03. The molecule has 26 heavy (non-hydrogen) atoms. The lowest BCUT2D eigenvalue weighted by molar-refractivity contribution is 0.240. The van der Waals surface area contributed by atoms with Crippen molar-refractivity contribution in [2.45, 2.75) is 39.3 Å². The van der Waals surface area contributed by atoms with Gasteiger partial charge < -0.3 is 20.5 Å². The van der Waals surface area contributed by atoms with Crippen LogP contribution in [-0.4, -0.2) is 30.1 Å². The van der Waals surface area contributed by atoms with Crippen LogP contribution in [-0.2, 0) is 18.5 Å². The standard InChI is InChI=1S/C19H27N5O2/c1-19(2,3)16-9-6-13(17(25)23-16)10-21-18(26)22-11-14-7-8-15(12-20-14)24(4)5/h6-9,12H,10-11H2,1-5H3,(H,23,25)(H2,21,22,26). The van der Waals surface area contributed by atoms with E-state index in [0.29, 0.717) is 12.1 Å². The molecule has 0 atom stereocenters. The van der Waals surface area contributed by atoms with Crippen LogP contribution in [0.15, 0.2) is 35.3 Å². The van der Waals surface area contributed by atoms with Crippen LogP contribution >= 0.6 is 0 Å². The molecule has 0 aliphatic carbocycles. The van der Waals surface area contributed by atoms with Crippen LogP contribution in [0.25, 0.3) is 0 Å². The van der Waals surface area contributed by atoms with Gasteiger partial charge in [-0.25, -0.2) is 4.79 Å². The molecule has 140 valence electrons. The van der Waals surface area contributed by atoms with Gasteiger partial charge in [-0.2, -0.15) is 0 Å². The third-order valence-electron chi connectivity index (χ3n) is 3.99. The number of H-pyrrole nitrogens is 1. The average molecular weight is 357 g/mol. The number of nitrogens with zero attached hydrogens (tertiary/aromatic N) is 2. The van der Waals surface area contributed by atoms with Gasteiger partial charge in [0.1, 0.15) is 0 Å². The van der Waals surface area contributed by atoms with Gasteiger partial charge >= 0.3 is 6.03 Å². The van der Waals surface area contributed by atoms with Gasteiger partial charge in [0.15, 0.2) is 0 Å². The van der Waals surface area contributed by atoms with Gasteiger partial charge in [-0.3, -0.25) is 9.78 Å². The largest absolute Gasteiger partial charge is 0.376 e. The Morgan fingerprint density at radius 3 is 2.35 bits per heavy atom. The second-order valence-electron chi connectivity index (χ2n) is 7.41. The van der Waals surface area contributed by atoms with Crippen LogP contribution < -0.4 is 21.1 Å². The highest BCUT2D eigenvalue weighted by Crippen LogP contribution is 2.18. The molecule has 0 spiro atoms. The Balaban J connectivity index is 1.86. The first-order valence-electron chi connectivity index (χ1n) is 8.53. The Labute approximate surface area is 153 Å². The SMILES string of the molecule is CN(C)c1ccc(CNC(=O)NCc2ccc(C(C)(C)C)[nH]c2=O)nc1. The van der Waals surface area contributed by atoms with Gasteiger partial charge in [0.05, 0.1) is 24.1 Å². The van der Waals surface area contributed by atoms with Gasteiger partial charge in [-0.1, -0.05) is 20.8 Å². The summed E-state index contributed by atoms with van der Waals surface area (Å²) in [5.41, 5.74) is 2.83. The number of carbonyl (C=O) groups excluding carboxylic acids is 1. The molecule has 0 bridgehead atoms. The van der Waals surface area contributed by atoms with Gasteiger partial charge in [0, 0.05) is 37.3 Å². The monoisotopic (exact) mass is 357 g/mol. The first-order chi connectivity index (χ1) is 12.2. The molecule has 0 radical (unpaired) electrons. The van der Waals surface area contributed by atoms with Crippen LogP contribution in [0.3, 0.4) is 0 Å². The number of urea groups is 1. The van der Waals surface area contributed by atoms with E-state index in [1.807, 2.05) is 58.0 Å². The van der Waals surface area contributed by atoms with Crippen molar-refractivity contribution >= 4 is 11.7 Å². The molecular weight excluding hydrogens is 330 g/mol. The van der Waals surface area contributed by atoms with Crippen LogP contribution in [0, 0.1) is 0 Å². The van der Waals surface area contributed by atoms with E-state index >= 15 is 0 Å². The van der Waals surface area contributed by atoms with Crippen molar-refractivity contribution in [1.29, 1.82) is 0 Å². The van der Waals surface area contributed by atoms with Crippen LogP contribution in [0.1, 0.15) is 37.7 Å². The predicted octanol–water partition coefficient (Wildman–Crippen LogP) is 2.13. The van der Waals surface area contributed by atoms with Crippen molar-refractivity contribution < 1.29 is 4.79 Å². The number of anilines is 1. The molecule has 0 aliphatic rings. The molecule has 2 aromatic rings. The van der Waals surface area contributed by atoms with Crippen molar-refractivity contribution in [3.63, 3.8) is 0 Å². The van der Waals surface area contributed by atoms with E-state index in [4.69, 9.17) is 0 Å². The number of pyridine rings is 2. The number of amides is 2. The Bertz CT molecular complexity index is 804. The van der Waals surface area contributed by atoms with Crippen molar-refractivity contribution in [2.24, 2.45) is 0 Å². The molecule has 2 aromatic heterocycles.